The first kappa shape index (κ1) is 22.5. The Kier molecular flexibility index (Phi) is 5.91. The highest BCUT2D eigenvalue weighted by Gasteiger charge is 2.52. The number of carbonyl (C=O) groups is 4. The van der Waals surface area contributed by atoms with Crippen LogP contribution in [0.25, 0.3) is 0 Å². The van der Waals surface area contributed by atoms with Crippen molar-refractivity contribution in [2.24, 2.45) is 0 Å². The second-order valence-corrected chi connectivity index (χ2v) is 8.87. The second-order valence-electron chi connectivity index (χ2n) is 8.87. The Balaban J connectivity index is 1.38. The zero-order valence-corrected chi connectivity index (χ0v) is 19.1. The predicted octanol–water partition coefficient (Wildman–Crippen LogP) is 3.69. The van der Waals surface area contributed by atoms with E-state index in [4.69, 9.17) is 0 Å². The normalized spacial score (nSPS) is 19.8. The number of anilines is 1. The van der Waals surface area contributed by atoms with Crippen LogP contribution >= 0.6 is 0 Å². The fourth-order valence-electron chi connectivity index (χ4n) is 4.80. The number of nitrogens with zero attached hydrogens (tertiary/aromatic N) is 2. The van der Waals surface area contributed by atoms with Gasteiger partial charge in [0.05, 0.1) is 6.54 Å². The van der Waals surface area contributed by atoms with Crippen molar-refractivity contribution >= 4 is 29.3 Å². The molecule has 0 saturated carbocycles. The quantitative estimate of drug-likeness (QED) is 0.424. The summed E-state index contributed by atoms with van der Waals surface area (Å²) in [5.41, 5.74) is 1.38. The molecule has 2 heterocycles. The molecule has 7 nitrogen and oxygen atoms in total. The van der Waals surface area contributed by atoms with Gasteiger partial charge in [-0.3, -0.25) is 19.3 Å². The van der Waals surface area contributed by atoms with Gasteiger partial charge in [-0.1, -0.05) is 60.7 Å². The van der Waals surface area contributed by atoms with E-state index in [1.54, 1.807) is 29.2 Å². The molecule has 3 aromatic rings. The van der Waals surface area contributed by atoms with Crippen LogP contribution in [-0.2, 0) is 21.5 Å². The van der Waals surface area contributed by atoms with Crippen LogP contribution < -0.4 is 10.2 Å². The first-order valence-corrected chi connectivity index (χ1v) is 11.7. The lowest BCUT2D eigenvalue weighted by Gasteiger charge is -2.27. The largest absolute Gasteiger partial charge is 0.325 e. The Labute approximate surface area is 203 Å². The Morgan fingerprint density at radius 3 is 2.14 bits per heavy atom. The molecule has 3 aromatic carbocycles. The fourth-order valence-corrected chi connectivity index (χ4v) is 4.80. The SMILES string of the molecule is O=C(CN1C(=O)NC(Cc2ccccc2)(c2ccccc2)C1=O)c1ccc(N2CCCC2=O)cc1. The molecular weight excluding hydrogens is 442 g/mol. The van der Waals surface area contributed by atoms with Gasteiger partial charge in [-0.25, -0.2) is 4.79 Å². The van der Waals surface area contributed by atoms with E-state index < -0.39 is 17.5 Å². The minimum absolute atomic E-state index is 0.0686. The minimum atomic E-state index is -1.29. The number of carbonyl (C=O) groups excluding carboxylic acids is 4. The van der Waals surface area contributed by atoms with E-state index in [-0.39, 0.29) is 24.7 Å². The molecule has 1 unspecified atom stereocenters. The number of urea groups is 1. The third-order valence-electron chi connectivity index (χ3n) is 6.63. The lowest BCUT2D eigenvalue weighted by atomic mass is 9.83. The van der Waals surface area contributed by atoms with Gasteiger partial charge in [-0.15, -0.1) is 0 Å². The van der Waals surface area contributed by atoms with Gasteiger partial charge in [0.15, 0.2) is 11.3 Å². The van der Waals surface area contributed by atoms with Gasteiger partial charge in [-0.05, 0) is 41.8 Å². The number of hydrogen-bond donors (Lipinski definition) is 1. The maximum Gasteiger partial charge on any atom is 0.325 e. The first-order chi connectivity index (χ1) is 17.0. The standard InChI is InChI=1S/C28H25N3O4/c32-24(21-13-15-23(16-14-21)30-17-7-12-25(30)33)19-31-26(34)28(29-27(31)35,22-10-5-2-6-11-22)18-20-8-3-1-4-9-20/h1-6,8-11,13-16H,7,12,17-19H2,(H,29,35). The third kappa shape index (κ3) is 4.21. The molecule has 0 radical (unpaired) electrons. The van der Waals surface area contributed by atoms with Gasteiger partial charge in [0.25, 0.3) is 5.91 Å². The molecule has 0 aliphatic carbocycles. The molecule has 35 heavy (non-hydrogen) atoms. The average Bonchev–Trinajstić information content (AvgIpc) is 3.42. The van der Waals surface area contributed by atoms with E-state index >= 15 is 0 Å². The van der Waals surface area contributed by atoms with Crippen molar-refractivity contribution in [1.29, 1.82) is 0 Å². The summed E-state index contributed by atoms with van der Waals surface area (Å²) in [6.07, 6.45) is 1.61. The first-order valence-electron chi connectivity index (χ1n) is 11.7. The fraction of sp³-hybridized carbons (Fsp3) is 0.214. The number of rotatable bonds is 7. The Morgan fingerprint density at radius 2 is 1.51 bits per heavy atom. The maximum atomic E-state index is 13.7. The van der Waals surface area contributed by atoms with Crippen LogP contribution in [0.5, 0.6) is 0 Å². The van der Waals surface area contributed by atoms with E-state index in [0.717, 1.165) is 22.6 Å². The van der Waals surface area contributed by atoms with E-state index in [0.29, 0.717) is 24.1 Å². The van der Waals surface area contributed by atoms with Gasteiger partial charge in [-0.2, -0.15) is 0 Å². The van der Waals surface area contributed by atoms with Crippen LogP contribution in [0.4, 0.5) is 10.5 Å². The Morgan fingerprint density at radius 1 is 0.857 bits per heavy atom. The molecule has 0 bridgehead atoms. The smallest absolute Gasteiger partial charge is 0.319 e. The number of benzene rings is 3. The van der Waals surface area contributed by atoms with Crippen LogP contribution in [0, 0.1) is 0 Å². The highest BCUT2D eigenvalue weighted by molar-refractivity contribution is 6.11. The molecule has 7 heteroatoms. The number of ketones is 1. The number of nitrogens with one attached hydrogen (secondary N) is 1. The third-order valence-corrected chi connectivity index (χ3v) is 6.63. The molecule has 2 saturated heterocycles. The molecule has 4 amide bonds. The lowest BCUT2D eigenvalue weighted by Crippen LogP contribution is -2.46. The topological polar surface area (TPSA) is 86.8 Å². The monoisotopic (exact) mass is 467 g/mol. The molecule has 2 aliphatic heterocycles. The van der Waals surface area contributed by atoms with Crippen LogP contribution in [0.3, 0.4) is 0 Å². The van der Waals surface area contributed by atoms with Gasteiger partial charge >= 0.3 is 6.03 Å². The van der Waals surface area contributed by atoms with Crippen molar-refractivity contribution in [1.82, 2.24) is 10.2 Å². The zero-order valence-electron chi connectivity index (χ0n) is 19.1. The van der Waals surface area contributed by atoms with E-state index in [1.807, 2.05) is 60.7 Å². The number of amides is 4. The summed E-state index contributed by atoms with van der Waals surface area (Å²) >= 11 is 0. The van der Waals surface area contributed by atoms with Crippen molar-refractivity contribution in [3.63, 3.8) is 0 Å². The summed E-state index contributed by atoms with van der Waals surface area (Å²) in [4.78, 5) is 54.4. The van der Waals surface area contributed by atoms with Crippen molar-refractivity contribution < 1.29 is 19.2 Å². The van der Waals surface area contributed by atoms with Gasteiger partial charge in [0, 0.05) is 30.6 Å². The molecule has 1 atom stereocenters. The van der Waals surface area contributed by atoms with Crippen molar-refractivity contribution in [2.75, 3.05) is 18.0 Å². The summed E-state index contributed by atoms with van der Waals surface area (Å²) in [5, 5.41) is 2.88. The molecule has 1 N–H and O–H groups in total. The molecule has 0 aromatic heterocycles. The van der Waals surface area contributed by atoms with Crippen molar-refractivity contribution in [2.45, 2.75) is 24.8 Å². The predicted molar refractivity (Wildman–Crippen MR) is 131 cm³/mol. The average molecular weight is 468 g/mol. The van der Waals surface area contributed by atoms with Crippen molar-refractivity contribution in [3.05, 3.63) is 102 Å². The van der Waals surface area contributed by atoms with Crippen LogP contribution in [0.2, 0.25) is 0 Å². The van der Waals surface area contributed by atoms with E-state index in [1.165, 1.54) is 0 Å². The molecule has 176 valence electrons. The minimum Gasteiger partial charge on any atom is -0.319 e. The summed E-state index contributed by atoms with van der Waals surface area (Å²) in [6, 6.07) is 24.7. The zero-order chi connectivity index (χ0) is 24.4. The molecule has 5 rings (SSSR count). The second kappa shape index (κ2) is 9.18. The van der Waals surface area contributed by atoms with Gasteiger partial charge in [0.1, 0.15) is 0 Å². The highest BCUT2D eigenvalue weighted by atomic mass is 16.2. The Hall–Kier alpha value is -4.26. The number of Topliss-reactive ketones (excluding diaryl/α,β-unsaturated/α-hetero) is 1. The number of hydrogen-bond acceptors (Lipinski definition) is 4. The summed E-state index contributed by atoms with van der Waals surface area (Å²) in [5.74, 6) is -0.736. The van der Waals surface area contributed by atoms with Gasteiger partial charge < -0.3 is 10.2 Å². The van der Waals surface area contributed by atoms with E-state index in [2.05, 4.69) is 5.32 Å². The van der Waals surface area contributed by atoms with Crippen LogP contribution in [0.1, 0.15) is 34.3 Å². The molecule has 2 fully saturated rings. The molecule has 2 aliphatic rings. The summed E-state index contributed by atoms with van der Waals surface area (Å²) < 4.78 is 0. The van der Waals surface area contributed by atoms with Crippen LogP contribution in [-0.4, -0.2) is 41.6 Å². The Bertz CT molecular complexity index is 1270. The van der Waals surface area contributed by atoms with E-state index in [9.17, 15) is 19.2 Å². The number of imide groups is 1. The maximum absolute atomic E-state index is 13.7. The molecule has 0 spiro atoms. The highest BCUT2D eigenvalue weighted by Crippen LogP contribution is 2.33. The van der Waals surface area contributed by atoms with Crippen LogP contribution in [0.15, 0.2) is 84.9 Å². The van der Waals surface area contributed by atoms with Crippen molar-refractivity contribution in [3.8, 4) is 0 Å². The lowest BCUT2D eigenvalue weighted by molar-refractivity contribution is -0.131. The van der Waals surface area contributed by atoms with Gasteiger partial charge in [0.2, 0.25) is 5.91 Å². The summed E-state index contributed by atoms with van der Waals surface area (Å²) in [7, 11) is 0. The summed E-state index contributed by atoms with van der Waals surface area (Å²) in [6.45, 7) is 0.299. The molecular formula is C28H25N3O4.